The fourth-order valence-electron chi connectivity index (χ4n) is 3.50. The van der Waals surface area contributed by atoms with Gasteiger partial charge in [-0.2, -0.15) is 0 Å². The number of aromatic nitrogens is 4. The summed E-state index contributed by atoms with van der Waals surface area (Å²) in [4.78, 5) is 19.3. The third kappa shape index (κ3) is 3.33. The summed E-state index contributed by atoms with van der Waals surface area (Å²) < 4.78 is 7.47. The highest BCUT2D eigenvalue weighted by atomic mass is 32.2. The second-order valence-corrected chi connectivity index (χ2v) is 7.50. The topological polar surface area (TPSA) is 77.1 Å². The Labute approximate surface area is 155 Å². The SMILES string of the molecule is Cc1nnc(SCC(=O)N2CCC[C@@H](c3nc4ccccc4n3C)C2)o1. The number of benzene rings is 1. The molecule has 0 bridgehead atoms. The van der Waals surface area contributed by atoms with E-state index in [2.05, 4.69) is 27.9 Å². The Balaban J connectivity index is 1.44. The van der Waals surface area contributed by atoms with E-state index >= 15 is 0 Å². The van der Waals surface area contributed by atoms with E-state index in [1.165, 1.54) is 11.8 Å². The first-order chi connectivity index (χ1) is 12.6. The molecule has 0 spiro atoms. The van der Waals surface area contributed by atoms with Crippen LogP contribution in [0.2, 0.25) is 0 Å². The van der Waals surface area contributed by atoms with Gasteiger partial charge in [-0.15, -0.1) is 10.2 Å². The molecule has 1 aliphatic heterocycles. The Hall–Kier alpha value is -2.35. The monoisotopic (exact) mass is 371 g/mol. The number of carbonyl (C=O) groups is 1. The number of imidazole rings is 1. The molecule has 0 unspecified atom stereocenters. The molecule has 1 aromatic carbocycles. The van der Waals surface area contributed by atoms with Gasteiger partial charge in [-0.25, -0.2) is 4.98 Å². The molecule has 136 valence electrons. The Kier molecular flexibility index (Phi) is 4.67. The van der Waals surface area contributed by atoms with Crippen LogP contribution < -0.4 is 0 Å². The third-order valence-corrected chi connectivity index (χ3v) is 5.59. The smallest absolute Gasteiger partial charge is 0.277 e. The number of likely N-dealkylation sites (tertiary alicyclic amines) is 1. The molecule has 1 fully saturated rings. The maximum absolute atomic E-state index is 12.6. The van der Waals surface area contributed by atoms with E-state index in [4.69, 9.17) is 9.40 Å². The van der Waals surface area contributed by atoms with E-state index in [0.717, 1.165) is 36.2 Å². The standard InChI is InChI=1S/C18H21N5O2S/c1-12-20-21-18(25-12)26-11-16(24)23-9-5-6-13(10-23)17-19-14-7-3-4-8-15(14)22(17)2/h3-4,7-8,13H,5-6,9-11H2,1-2H3/t13-/m1/s1. The summed E-state index contributed by atoms with van der Waals surface area (Å²) in [5, 5.41) is 8.15. The van der Waals surface area contributed by atoms with Gasteiger partial charge in [-0.05, 0) is 25.0 Å². The second-order valence-electron chi connectivity index (χ2n) is 6.57. The first kappa shape index (κ1) is 17.1. The highest BCUT2D eigenvalue weighted by Crippen LogP contribution is 2.29. The van der Waals surface area contributed by atoms with Crippen molar-refractivity contribution in [1.29, 1.82) is 0 Å². The van der Waals surface area contributed by atoms with E-state index in [1.807, 2.05) is 23.1 Å². The lowest BCUT2D eigenvalue weighted by molar-refractivity contribution is -0.129. The van der Waals surface area contributed by atoms with Crippen LogP contribution in [0.25, 0.3) is 11.0 Å². The fraction of sp³-hybridized carbons (Fsp3) is 0.444. The molecule has 8 heteroatoms. The van der Waals surface area contributed by atoms with Crippen molar-refractivity contribution in [3.8, 4) is 0 Å². The van der Waals surface area contributed by atoms with Gasteiger partial charge < -0.3 is 13.9 Å². The van der Waals surface area contributed by atoms with Crippen LogP contribution in [0.1, 0.15) is 30.5 Å². The number of amides is 1. The number of thioether (sulfide) groups is 1. The van der Waals surface area contributed by atoms with Gasteiger partial charge in [0.2, 0.25) is 11.8 Å². The number of piperidine rings is 1. The summed E-state index contributed by atoms with van der Waals surface area (Å²) in [7, 11) is 2.05. The number of hydrogen-bond acceptors (Lipinski definition) is 6. The average Bonchev–Trinajstić information content (AvgIpc) is 3.23. The number of fused-ring (bicyclic) bond motifs is 1. The molecular formula is C18H21N5O2S. The number of para-hydroxylation sites is 2. The van der Waals surface area contributed by atoms with Gasteiger partial charge in [0.25, 0.3) is 5.22 Å². The number of carbonyl (C=O) groups excluding carboxylic acids is 1. The number of aryl methyl sites for hydroxylation is 2. The molecule has 3 heterocycles. The van der Waals surface area contributed by atoms with Crippen LogP contribution in [0.5, 0.6) is 0 Å². The van der Waals surface area contributed by atoms with Crippen molar-refractivity contribution in [2.24, 2.45) is 7.05 Å². The summed E-state index contributed by atoms with van der Waals surface area (Å²) >= 11 is 1.29. The van der Waals surface area contributed by atoms with Gasteiger partial charge in [0.1, 0.15) is 5.82 Å². The molecule has 0 radical (unpaired) electrons. The fourth-order valence-corrected chi connectivity index (χ4v) is 4.20. The molecule has 1 amide bonds. The molecule has 0 N–H and O–H groups in total. The van der Waals surface area contributed by atoms with Crippen molar-refractivity contribution >= 4 is 28.7 Å². The van der Waals surface area contributed by atoms with Crippen molar-refractivity contribution in [3.05, 3.63) is 36.0 Å². The van der Waals surface area contributed by atoms with Gasteiger partial charge in [-0.1, -0.05) is 23.9 Å². The molecule has 0 saturated carbocycles. The predicted octanol–water partition coefficient (Wildman–Crippen LogP) is 2.76. The molecule has 1 aliphatic rings. The van der Waals surface area contributed by atoms with Crippen LogP contribution >= 0.6 is 11.8 Å². The summed E-state index contributed by atoms with van der Waals surface area (Å²) in [6.45, 7) is 3.24. The van der Waals surface area contributed by atoms with Gasteiger partial charge in [0, 0.05) is 33.0 Å². The lowest BCUT2D eigenvalue weighted by Crippen LogP contribution is -2.40. The predicted molar refractivity (Wildman–Crippen MR) is 99.0 cm³/mol. The van der Waals surface area contributed by atoms with E-state index in [9.17, 15) is 4.79 Å². The highest BCUT2D eigenvalue weighted by Gasteiger charge is 2.28. The summed E-state index contributed by atoms with van der Waals surface area (Å²) in [6, 6.07) is 8.15. The van der Waals surface area contributed by atoms with Crippen LogP contribution in [0.3, 0.4) is 0 Å². The maximum atomic E-state index is 12.6. The molecule has 4 rings (SSSR count). The van der Waals surface area contributed by atoms with Crippen molar-refractivity contribution < 1.29 is 9.21 Å². The van der Waals surface area contributed by atoms with Crippen molar-refractivity contribution in [1.82, 2.24) is 24.6 Å². The van der Waals surface area contributed by atoms with Crippen molar-refractivity contribution in [2.45, 2.75) is 30.9 Å². The Morgan fingerprint density at radius 1 is 1.35 bits per heavy atom. The minimum absolute atomic E-state index is 0.106. The number of rotatable bonds is 4. The molecule has 1 atom stereocenters. The first-order valence-electron chi connectivity index (χ1n) is 8.74. The van der Waals surface area contributed by atoms with Gasteiger partial charge in [-0.3, -0.25) is 4.79 Å². The van der Waals surface area contributed by atoms with Crippen LogP contribution in [0, 0.1) is 6.92 Å². The van der Waals surface area contributed by atoms with Gasteiger partial charge >= 0.3 is 0 Å². The minimum Gasteiger partial charge on any atom is -0.416 e. The van der Waals surface area contributed by atoms with Crippen LogP contribution in [0.15, 0.2) is 33.9 Å². The summed E-state index contributed by atoms with van der Waals surface area (Å²) in [5.74, 6) is 2.26. The van der Waals surface area contributed by atoms with E-state index in [1.54, 1.807) is 6.92 Å². The average molecular weight is 371 g/mol. The van der Waals surface area contributed by atoms with E-state index in [-0.39, 0.29) is 11.8 Å². The normalized spacial score (nSPS) is 17.8. The molecule has 0 aliphatic carbocycles. The first-order valence-corrected chi connectivity index (χ1v) is 9.72. The zero-order valence-corrected chi connectivity index (χ0v) is 15.7. The molecule has 3 aromatic rings. The lowest BCUT2D eigenvalue weighted by atomic mass is 9.97. The minimum atomic E-state index is 0.106. The maximum Gasteiger partial charge on any atom is 0.277 e. The lowest BCUT2D eigenvalue weighted by Gasteiger charge is -2.32. The number of nitrogens with zero attached hydrogens (tertiary/aromatic N) is 5. The number of hydrogen-bond donors (Lipinski definition) is 0. The Bertz CT molecular complexity index is 935. The zero-order valence-electron chi connectivity index (χ0n) is 14.9. The van der Waals surface area contributed by atoms with Gasteiger partial charge in [0.15, 0.2) is 0 Å². The van der Waals surface area contributed by atoms with Crippen LogP contribution in [-0.2, 0) is 11.8 Å². The van der Waals surface area contributed by atoms with Crippen LogP contribution in [0.4, 0.5) is 0 Å². The molecule has 7 nitrogen and oxygen atoms in total. The molecule has 2 aromatic heterocycles. The molecule has 1 saturated heterocycles. The largest absolute Gasteiger partial charge is 0.416 e. The third-order valence-electron chi connectivity index (χ3n) is 4.79. The quantitative estimate of drug-likeness (QED) is 0.656. The van der Waals surface area contributed by atoms with E-state index in [0.29, 0.717) is 23.4 Å². The van der Waals surface area contributed by atoms with Gasteiger partial charge in [0.05, 0.1) is 16.8 Å². The molecular weight excluding hydrogens is 350 g/mol. The summed E-state index contributed by atoms with van der Waals surface area (Å²) in [5.41, 5.74) is 2.14. The Morgan fingerprint density at radius 3 is 2.96 bits per heavy atom. The van der Waals surface area contributed by atoms with Crippen LogP contribution in [-0.4, -0.2) is 49.4 Å². The van der Waals surface area contributed by atoms with Crippen molar-refractivity contribution in [2.75, 3.05) is 18.8 Å². The Morgan fingerprint density at radius 2 is 2.19 bits per heavy atom. The highest BCUT2D eigenvalue weighted by molar-refractivity contribution is 7.99. The summed E-state index contributed by atoms with van der Waals surface area (Å²) in [6.07, 6.45) is 2.04. The zero-order chi connectivity index (χ0) is 18.1. The van der Waals surface area contributed by atoms with Crippen molar-refractivity contribution in [3.63, 3.8) is 0 Å². The van der Waals surface area contributed by atoms with E-state index < -0.39 is 0 Å². The molecule has 26 heavy (non-hydrogen) atoms. The second kappa shape index (κ2) is 7.11.